The molecule has 0 bridgehead atoms. The first-order chi connectivity index (χ1) is 15.1. The number of aromatic amines is 1. The Labute approximate surface area is 185 Å². The smallest absolute Gasteiger partial charge is 0.349 e. The Morgan fingerprint density at radius 2 is 1.75 bits per heavy atom. The highest BCUT2D eigenvalue weighted by Gasteiger charge is 2.25. The van der Waals surface area contributed by atoms with E-state index >= 15 is 0 Å². The van der Waals surface area contributed by atoms with Gasteiger partial charge in [-0.25, -0.2) is 9.78 Å². The summed E-state index contributed by atoms with van der Waals surface area (Å²) in [5, 5.41) is 39.3. The normalized spacial score (nSPS) is 14.0. The lowest BCUT2D eigenvalue weighted by atomic mass is 10.1. The van der Waals surface area contributed by atoms with Crippen LogP contribution in [0.2, 0.25) is 0 Å². The van der Waals surface area contributed by atoms with E-state index in [1.807, 2.05) is 26.8 Å². The Hall–Kier alpha value is -2.86. The van der Waals surface area contributed by atoms with Crippen molar-refractivity contribution in [3.05, 3.63) is 50.4 Å². The molecule has 0 fully saturated rings. The van der Waals surface area contributed by atoms with Gasteiger partial charge in [0, 0.05) is 30.7 Å². The van der Waals surface area contributed by atoms with E-state index in [4.69, 9.17) is 5.11 Å². The molecule has 2 rings (SSSR count). The first-order valence-electron chi connectivity index (χ1n) is 10.4. The van der Waals surface area contributed by atoms with E-state index in [1.54, 1.807) is 13.0 Å². The van der Waals surface area contributed by atoms with Gasteiger partial charge < -0.3 is 29.9 Å². The van der Waals surface area contributed by atoms with Gasteiger partial charge in [0.2, 0.25) is 0 Å². The van der Waals surface area contributed by atoms with E-state index < -0.39 is 36.2 Å². The van der Waals surface area contributed by atoms with Crippen molar-refractivity contribution in [1.29, 1.82) is 0 Å². The quantitative estimate of drug-likeness (QED) is 0.343. The van der Waals surface area contributed by atoms with Crippen molar-refractivity contribution in [3.63, 3.8) is 0 Å². The van der Waals surface area contributed by atoms with Gasteiger partial charge in [0.25, 0.3) is 5.56 Å². The van der Waals surface area contributed by atoms with Gasteiger partial charge in [-0.05, 0) is 45.4 Å². The zero-order valence-electron chi connectivity index (χ0n) is 18.7. The summed E-state index contributed by atoms with van der Waals surface area (Å²) >= 11 is 0. The fourth-order valence-corrected chi connectivity index (χ4v) is 3.43. The maximum absolute atomic E-state index is 12.5. The molecule has 0 aromatic carbocycles. The molecule has 3 atom stereocenters. The molecule has 0 spiro atoms. The molecule has 11 heteroatoms. The molecule has 0 saturated carbocycles. The molecule has 5 N–H and O–H groups in total. The van der Waals surface area contributed by atoms with Crippen molar-refractivity contribution in [2.24, 2.45) is 0 Å². The van der Waals surface area contributed by atoms with Gasteiger partial charge in [-0.3, -0.25) is 9.78 Å². The predicted molar refractivity (Wildman–Crippen MR) is 119 cm³/mol. The first kappa shape index (κ1) is 25.4. The Balaban J connectivity index is 2.87. The summed E-state index contributed by atoms with van der Waals surface area (Å²) in [6, 6.07) is 3.58. The van der Waals surface area contributed by atoms with Crippen molar-refractivity contribution in [3.8, 4) is 11.5 Å². The van der Waals surface area contributed by atoms with E-state index in [-0.39, 0.29) is 18.1 Å². The summed E-state index contributed by atoms with van der Waals surface area (Å²) < 4.78 is 1.32. The van der Waals surface area contributed by atoms with Gasteiger partial charge in [0.15, 0.2) is 11.5 Å². The average molecular weight is 450 g/mol. The number of nitrogens with one attached hydrogen (secondary N) is 1. The zero-order chi connectivity index (χ0) is 24.0. The number of fused-ring (bicyclic) bond motifs is 1. The molecule has 0 radical (unpaired) electrons. The molecule has 32 heavy (non-hydrogen) atoms. The number of hydrogen-bond acceptors (Lipinski definition) is 9. The number of H-pyrrole nitrogens is 1. The molecule has 0 aliphatic carbocycles. The third kappa shape index (κ3) is 5.88. The van der Waals surface area contributed by atoms with Gasteiger partial charge in [-0.2, -0.15) is 4.98 Å². The van der Waals surface area contributed by atoms with Crippen molar-refractivity contribution >= 4 is 5.69 Å². The highest BCUT2D eigenvalue weighted by molar-refractivity contribution is 5.53. The molecule has 0 unspecified atom stereocenters. The zero-order valence-corrected chi connectivity index (χ0v) is 18.7. The molecule has 0 aromatic rings. The topological polar surface area (TPSA) is 165 Å². The van der Waals surface area contributed by atoms with E-state index in [0.29, 0.717) is 5.69 Å². The van der Waals surface area contributed by atoms with Crippen LogP contribution in [0.5, 0.6) is 0 Å². The number of nitrogens with zero attached hydrogens (tertiary/aromatic N) is 4. The van der Waals surface area contributed by atoms with Crippen LogP contribution in [-0.4, -0.2) is 78.0 Å². The number of anilines is 1. The molecule has 176 valence electrons. The fourth-order valence-electron chi connectivity index (χ4n) is 3.43. The molecule has 0 saturated heterocycles. The summed E-state index contributed by atoms with van der Waals surface area (Å²) in [7, 11) is 0. The lowest BCUT2D eigenvalue weighted by Crippen LogP contribution is -2.42. The van der Waals surface area contributed by atoms with Crippen LogP contribution in [0.4, 0.5) is 5.69 Å². The molecule has 0 aromatic heterocycles. The molecule has 2 aliphatic heterocycles. The van der Waals surface area contributed by atoms with Crippen molar-refractivity contribution in [2.75, 3.05) is 24.6 Å². The van der Waals surface area contributed by atoms with Crippen molar-refractivity contribution in [2.45, 2.75) is 52.6 Å². The summed E-state index contributed by atoms with van der Waals surface area (Å²) in [4.78, 5) is 36.9. The van der Waals surface area contributed by atoms with Gasteiger partial charge in [0.05, 0.1) is 13.2 Å². The van der Waals surface area contributed by atoms with Gasteiger partial charge >= 0.3 is 5.69 Å². The van der Waals surface area contributed by atoms with Crippen molar-refractivity contribution in [1.82, 2.24) is 19.5 Å². The second-order valence-corrected chi connectivity index (χ2v) is 7.46. The number of aliphatic hydroxyl groups is 4. The third-order valence-corrected chi connectivity index (χ3v) is 5.12. The average Bonchev–Trinajstić information content (AvgIpc) is 2.75. The van der Waals surface area contributed by atoms with Crippen LogP contribution < -0.4 is 16.1 Å². The van der Waals surface area contributed by atoms with Crippen LogP contribution in [0.25, 0.3) is 11.5 Å². The molecular weight excluding hydrogens is 418 g/mol. The van der Waals surface area contributed by atoms with Crippen LogP contribution in [-0.2, 0) is 6.54 Å². The summed E-state index contributed by atoms with van der Waals surface area (Å²) in [5.41, 5.74) is 0.480. The Bertz CT molecular complexity index is 1060. The van der Waals surface area contributed by atoms with Gasteiger partial charge in [-0.15, -0.1) is 0 Å². The largest absolute Gasteiger partial charge is 0.394 e. The monoisotopic (exact) mass is 449 g/mol. The molecule has 2 heterocycles. The summed E-state index contributed by atoms with van der Waals surface area (Å²) in [5.74, 6) is -0.106. The highest BCUT2D eigenvalue weighted by atomic mass is 16.4. The van der Waals surface area contributed by atoms with Crippen LogP contribution in [0, 0.1) is 13.8 Å². The summed E-state index contributed by atoms with van der Waals surface area (Å²) in [6.45, 7) is 7.99. The fraction of sp³-hybridized carbons (Fsp3) is 0.524. The van der Waals surface area contributed by atoms with Crippen LogP contribution >= 0.6 is 0 Å². The number of aliphatic hydroxyl groups excluding tert-OH is 4. The maximum atomic E-state index is 12.5. The van der Waals surface area contributed by atoms with E-state index in [0.717, 1.165) is 24.3 Å². The van der Waals surface area contributed by atoms with Crippen LogP contribution in [0.15, 0.2) is 27.9 Å². The van der Waals surface area contributed by atoms with Crippen LogP contribution in [0.1, 0.15) is 25.1 Å². The number of aryl methyl sites for hydroxylation is 2. The second kappa shape index (κ2) is 11.1. The molecule has 0 amide bonds. The van der Waals surface area contributed by atoms with Crippen molar-refractivity contribution < 1.29 is 20.4 Å². The highest BCUT2D eigenvalue weighted by Crippen LogP contribution is 2.19. The van der Waals surface area contributed by atoms with Gasteiger partial charge in [-0.1, -0.05) is 0 Å². The lowest BCUT2D eigenvalue weighted by molar-refractivity contribution is -0.0805. The lowest BCUT2D eigenvalue weighted by Gasteiger charge is -2.24. The van der Waals surface area contributed by atoms with E-state index in [2.05, 4.69) is 19.9 Å². The minimum atomic E-state index is -1.67. The second-order valence-electron chi connectivity index (χ2n) is 7.46. The van der Waals surface area contributed by atoms with Crippen LogP contribution in [0.3, 0.4) is 0 Å². The van der Waals surface area contributed by atoms with E-state index in [9.17, 15) is 24.9 Å². The van der Waals surface area contributed by atoms with Gasteiger partial charge in [0.1, 0.15) is 18.3 Å². The standard InChI is InChI=1S/C21H31N5O6/c1-5-25(6-2)14-7-8-26(10-15(28)18(30)16(29)11-27)19-17(20(31)24-21(32)23-19)22-13(4)9-12(14)3/h7-9,15-16,18,27-30H,5-6,10-11H2,1-4H3,(H,24,31,32)/t15-,16+,18-/m0/s1. The SMILES string of the molecule is CCN(CC)c1ccn(C[C@H](O)[C@H](O)[C@H](O)CO)c2nc(=O)[nH]c(=O)c-2nc(C)cc1C. The minimum Gasteiger partial charge on any atom is -0.394 e. The Kier molecular flexibility index (Phi) is 8.84. The predicted octanol–water partition coefficient (Wildman–Crippen LogP) is -0.906. The molecule has 2 aliphatic rings. The number of hydrogen-bond donors (Lipinski definition) is 5. The number of rotatable bonds is 8. The van der Waals surface area contributed by atoms with E-state index in [1.165, 1.54) is 10.8 Å². The number of aromatic nitrogens is 4. The minimum absolute atomic E-state index is 0.106. The third-order valence-electron chi connectivity index (χ3n) is 5.12. The molecular formula is C21H31N5O6. The first-order valence-corrected chi connectivity index (χ1v) is 10.4. The maximum Gasteiger partial charge on any atom is 0.349 e. The summed E-state index contributed by atoms with van der Waals surface area (Å²) in [6.07, 6.45) is -3.24. The Morgan fingerprint density at radius 3 is 2.34 bits per heavy atom. The molecule has 11 nitrogen and oxygen atoms in total. The Morgan fingerprint density at radius 1 is 1.09 bits per heavy atom.